The molecule has 3 aromatic rings. The molecule has 6 nitrogen and oxygen atoms in total. The summed E-state index contributed by atoms with van der Waals surface area (Å²) in [4.78, 5) is 17.3. The highest BCUT2D eigenvalue weighted by Crippen LogP contribution is 2.26. The van der Waals surface area contributed by atoms with E-state index in [9.17, 15) is 4.79 Å². The topological polar surface area (TPSA) is 53.7 Å². The summed E-state index contributed by atoms with van der Waals surface area (Å²) >= 11 is 0. The predicted molar refractivity (Wildman–Crippen MR) is 112 cm³/mol. The van der Waals surface area contributed by atoms with Crippen LogP contribution < -0.4 is 0 Å². The van der Waals surface area contributed by atoms with Crippen molar-refractivity contribution in [1.82, 2.24) is 24.4 Å². The Morgan fingerprint density at radius 1 is 1.03 bits per heavy atom. The number of likely N-dealkylation sites (tertiary alicyclic amines) is 1. The van der Waals surface area contributed by atoms with Gasteiger partial charge in [-0.25, -0.2) is 0 Å². The van der Waals surface area contributed by atoms with Gasteiger partial charge in [-0.2, -0.15) is 0 Å². The zero-order valence-electron chi connectivity index (χ0n) is 16.7. The predicted octanol–water partition coefficient (Wildman–Crippen LogP) is 2.88. The first-order chi connectivity index (χ1) is 14.3. The summed E-state index contributed by atoms with van der Waals surface area (Å²) in [6.45, 7) is 4.42. The Morgan fingerprint density at radius 3 is 2.83 bits per heavy atom. The molecule has 1 saturated heterocycles. The maximum absolute atomic E-state index is 12.8. The molecule has 0 bridgehead atoms. The van der Waals surface area contributed by atoms with Crippen LogP contribution in [-0.2, 0) is 17.8 Å². The van der Waals surface area contributed by atoms with Crippen LogP contribution in [0.4, 0.5) is 0 Å². The second-order valence-electron chi connectivity index (χ2n) is 8.21. The van der Waals surface area contributed by atoms with Gasteiger partial charge in [0.2, 0.25) is 5.91 Å². The van der Waals surface area contributed by atoms with Crippen LogP contribution in [0.1, 0.15) is 42.1 Å². The number of amides is 1. The van der Waals surface area contributed by atoms with Crippen LogP contribution in [0.2, 0.25) is 0 Å². The van der Waals surface area contributed by atoms with Crippen molar-refractivity contribution in [3.8, 4) is 0 Å². The average Bonchev–Trinajstić information content (AvgIpc) is 3.21. The molecule has 29 heavy (non-hydrogen) atoms. The summed E-state index contributed by atoms with van der Waals surface area (Å²) in [7, 11) is 0. The fourth-order valence-electron chi connectivity index (χ4n) is 4.73. The third kappa shape index (κ3) is 3.77. The number of fused-ring (bicyclic) bond motifs is 2. The minimum atomic E-state index is 0.273. The lowest BCUT2D eigenvalue weighted by Gasteiger charge is -2.33. The van der Waals surface area contributed by atoms with Gasteiger partial charge in [-0.3, -0.25) is 9.20 Å². The third-order valence-corrected chi connectivity index (χ3v) is 6.34. The number of benzene rings is 1. The minimum absolute atomic E-state index is 0.273. The van der Waals surface area contributed by atoms with E-state index in [1.165, 1.54) is 11.1 Å². The Balaban J connectivity index is 1.19. The van der Waals surface area contributed by atoms with Crippen LogP contribution >= 0.6 is 0 Å². The maximum atomic E-state index is 12.8. The molecule has 0 saturated carbocycles. The molecule has 0 unspecified atom stereocenters. The van der Waals surface area contributed by atoms with Crippen molar-refractivity contribution >= 4 is 11.6 Å². The van der Waals surface area contributed by atoms with Gasteiger partial charge >= 0.3 is 0 Å². The van der Waals surface area contributed by atoms with Gasteiger partial charge < -0.3 is 9.80 Å². The third-order valence-electron chi connectivity index (χ3n) is 6.34. The lowest BCUT2D eigenvalue weighted by Crippen LogP contribution is -2.40. The molecule has 0 N–H and O–H groups in total. The van der Waals surface area contributed by atoms with Crippen LogP contribution in [-0.4, -0.2) is 56.5 Å². The lowest BCUT2D eigenvalue weighted by atomic mass is 9.97. The van der Waals surface area contributed by atoms with Crippen LogP contribution in [0, 0.1) is 0 Å². The Hall–Kier alpha value is -2.73. The summed E-state index contributed by atoms with van der Waals surface area (Å²) in [5, 5.41) is 8.76. The first kappa shape index (κ1) is 18.3. The number of carbonyl (C=O) groups excluding carboxylic acids is 1. The van der Waals surface area contributed by atoms with E-state index in [2.05, 4.69) is 43.8 Å². The van der Waals surface area contributed by atoms with Gasteiger partial charge in [0.15, 0.2) is 5.65 Å². The number of nitrogens with zero attached hydrogens (tertiary/aromatic N) is 5. The van der Waals surface area contributed by atoms with E-state index in [4.69, 9.17) is 0 Å². The van der Waals surface area contributed by atoms with Gasteiger partial charge in [-0.1, -0.05) is 30.3 Å². The SMILES string of the molecule is O=C(CCN1CCC[C@@H](c2nnc3ccccn23)C1)N1CCc2ccccc2C1. The van der Waals surface area contributed by atoms with Gasteiger partial charge in [-0.05, 0) is 49.1 Å². The van der Waals surface area contributed by atoms with Crippen LogP contribution in [0.5, 0.6) is 0 Å². The smallest absolute Gasteiger partial charge is 0.224 e. The van der Waals surface area contributed by atoms with Gasteiger partial charge in [0.1, 0.15) is 5.82 Å². The zero-order valence-corrected chi connectivity index (χ0v) is 16.7. The molecule has 2 aliphatic rings. The van der Waals surface area contributed by atoms with E-state index in [0.717, 1.165) is 63.5 Å². The van der Waals surface area contributed by atoms with Gasteiger partial charge in [0, 0.05) is 44.7 Å². The summed E-state index contributed by atoms with van der Waals surface area (Å²) in [6.07, 6.45) is 5.87. The molecule has 1 atom stereocenters. The van der Waals surface area contributed by atoms with E-state index in [-0.39, 0.29) is 5.91 Å². The summed E-state index contributed by atoms with van der Waals surface area (Å²) in [5.41, 5.74) is 3.58. The minimum Gasteiger partial charge on any atom is -0.338 e. The van der Waals surface area contributed by atoms with Crippen molar-refractivity contribution in [3.63, 3.8) is 0 Å². The van der Waals surface area contributed by atoms with Crippen molar-refractivity contribution in [2.45, 2.75) is 38.1 Å². The second-order valence-corrected chi connectivity index (χ2v) is 8.21. The standard InChI is InChI=1S/C23H27N5O/c29-22(27-15-10-18-6-1-2-7-19(18)17-27)11-14-26-12-5-8-20(16-26)23-25-24-21-9-3-4-13-28(21)23/h1-4,6-7,9,13,20H,5,8,10-12,14-17H2/t20-/m1/s1. The number of hydrogen-bond acceptors (Lipinski definition) is 4. The van der Waals surface area contributed by atoms with Gasteiger partial charge in [0.25, 0.3) is 0 Å². The molecule has 4 heterocycles. The fraction of sp³-hybridized carbons (Fsp3) is 0.435. The molecule has 5 rings (SSSR count). The van der Waals surface area contributed by atoms with Gasteiger partial charge in [-0.15, -0.1) is 10.2 Å². The molecular formula is C23H27N5O. The van der Waals surface area contributed by atoms with Crippen molar-refractivity contribution in [3.05, 3.63) is 65.6 Å². The Morgan fingerprint density at radius 2 is 1.90 bits per heavy atom. The molecule has 1 fully saturated rings. The Labute approximate surface area is 171 Å². The highest BCUT2D eigenvalue weighted by atomic mass is 16.2. The van der Waals surface area contributed by atoms with Crippen molar-refractivity contribution < 1.29 is 4.79 Å². The molecule has 2 aromatic heterocycles. The number of pyridine rings is 1. The number of aromatic nitrogens is 3. The van der Waals surface area contributed by atoms with Crippen molar-refractivity contribution in [2.75, 3.05) is 26.2 Å². The van der Waals surface area contributed by atoms with Crippen LogP contribution in [0.25, 0.3) is 5.65 Å². The van der Waals surface area contributed by atoms with Crippen LogP contribution in [0.3, 0.4) is 0 Å². The van der Waals surface area contributed by atoms with E-state index in [1.807, 2.05) is 29.3 Å². The van der Waals surface area contributed by atoms with E-state index in [0.29, 0.717) is 12.3 Å². The molecule has 6 heteroatoms. The Bertz CT molecular complexity index is 1010. The molecule has 0 aliphatic carbocycles. The van der Waals surface area contributed by atoms with Crippen molar-refractivity contribution in [2.24, 2.45) is 0 Å². The molecular weight excluding hydrogens is 362 g/mol. The van der Waals surface area contributed by atoms with Crippen LogP contribution in [0.15, 0.2) is 48.7 Å². The first-order valence-corrected chi connectivity index (χ1v) is 10.6. The number of piperidine rings is 1. The molecule has 0 spiro atoms. The van der Waals surface area contributed by atoms with E-state index < -0.39 is 0 Å². The monoisotopic (exact) mass is 389 g/mol. The largest absolute Gasteiger partial charge is 0.338 e. The number of carbonyl (C=O) groups is 1. The average molecular weight is 390 g/mol. The zero-order chi connectivity index (χ0) is 19.6. The fourth-order valence-corrected chi connectivity index (χ4v) is 4.73. The van der Waals surface area contributed by atoms with E-state index in [1.54, 1.807) is 0 Å². The molecule has 1 amide bonds. The number of rotatable bonds is 4. The second kappa shape index (κ2) is 7.95. The number of hydrogen-bond donors (Lipinski definition) is 0. The van der Waals surface area contributed by atoms with Gasteiger partial charge in [0.05, 0.1) is 0 Å². The summed E-state index contributed by atoms with van der Waals surface area (Å²) < 4.78 is 2.10. The molecule has 2 aliphatic heterocycles. The Kier molecular flexibility index (Phi) is 5.02. The summed E-state index contributed by atoms with van der Waals surface area (Å²) in [5.74, 6) is 1.69. The lowest BCUT2D eigenvalue weighted by molar-refractivity contribution is -0.132. The first-order valence-electron chi connectivity index (χ1n) is 10.6. The van der Waals surface area contributed by atoms with E-state index >= 15 is 0 Å². The quantitative estimate of drug-likeness (QED) is 0.689. The molecule has 0 radical (unpaired) electrons. The highest BCUT2D eigenvalue weighted by Gasteiger charge is 2.26. The van der Waals surface area contributed by atoms with Crippen molar-refractivity contribution in [1.29, 1.82) is 0 Å². The maximum Gasteiger partial charge on any atom is 0.224 e. The molecule has 150 valence electrons. The highest BCUT2D eigenvalue weighted by molar-refractivity contribution is 5.76. The molecule has 1 aromatic carbocycles. The normalized spacial score (nSPS) is 20.0. The summed E-state index contributed by atoms with van der Waals surface area (Å²) in [6, 6.07) is 14.5.